The third-order valence-electron chi connectivity index (χ3n) is 5.20. The highest BCUT2D eigenvalue weighted by atomic mass is 35.5. The van der Waals surface area contributed by atoms with E-state index in [4.69, 9.17) is 11.6 Å². The van der Waals surface area contributed by atoms with E-state index < -0.39 is 12.1 Å². The minimum Gasteiger partial charge on any atom is -0.270 e. The van der Waals surface area contributed by atoms with Crippen molar-refractivity contribution in [3.63, 3.8) is 0 Å². The molecule has 1 aromatic rings. The molecular weight excluding hydrogens is 368 g/mol. The Balaban J connectivity index is 1.71. The minimum absolute atomic E-state index is 0.0922. The zero-order valence-electron chi connectivity index (χ0n) is 15.5. The van der Waals surface area contributed by atoms with Gasteiger partial charge in [0.2, 0.25) is 11.9 Å². The van der Waals surface area contributed by atoms with E-state index in [-0.39, 0.29) is 18.5 Å². The molecule has 3 aliphatic heterocycles. The topological polar surface area (TPSA) is 71.6 Å². The number of benzene rings is 1. The van der Waals surface area contributed by atoms with Gasteiger partial charge < -0.3 is 0 Å². The number of aliphatic imine (C=N–C) groups is 1. The fraction of sp³-hybridized carbons (Fsp3) is 0.389. The fourth-order valence-corrected chi connectivity index (χ4v) is 3.72. The van der Waals surface area contributed by atoms with Crippen LogP contribution < -0.4 is 0 Å². The first-order valence-corrected chi connectivity index (χ1v) is 9.03. The summed E-state index contributed by atoms with van der Waals surface area (Å²) < 4.78 is 1.93. The number of carbonyl (C=O) groups excluding carboxylic acids is 2. The molecule has 1 aromatic carbocycles. The maximum absolute atomic E-state index is 13.3. The number of fused-ring (bicyclic) bond motifs is 2. The van der Waals surface area contributed by atoms with Gasteiger partial charge in [0.15, 0.2) is 0 Å². The summed E-state index contributed by atoms with van der Waals surface area (Å²) >= 11 is 5.93. The molecule has 0 spiro atoms. The number of likely N-dealkylation sites (N-methyl/N-ethyl adjacent to an activating group) is 1. The monoisotopic (exact) mass is 387 g/mol. The predicted molar refractivity (Wildman–Crippen MR) is 102 cm³/mol. The van der Waals surface area contributed by atoms with E-state index in [1.165, 1.54) is 9.80 Å². The van der Waals surface area contributed by atoms with Crippen molar-refractivity contribution in [2.45, 2.75) is 32.5 Å². The van der Waals surface area contributed by atoms with Crippen LogP contribution in [0.4, 0.5) is 4.79 Å². The highest BCUT2D eigenvalue weighted by Crippen LogP contribution is 2.26. The molecule has 4 rings (SSSR count). The lowest BCUT2D eigenvalue weighted by atomic mass is 10.1. The molecule has 1 saturated heterocycles. The lowest BCUT2D eigenvalue weighted by Crippen LogP contribution is -2.64. The van der Waals surface area contributed by atoms with Crippen molar-refractivity contribution < 1.29 is 14.2 Å². The molecule has 8 nitrogen and oxygen atoms in total. The molecule has 3 heterocycles. The summed E-state index contributed by atoms with van der Waals surface area (Å²) in [4.78, 5) is 33.4. The highest BCUT2D eigenvalue weighted by molar-refractivity contribution is 6.30. The summed E-state index contributed by atoms with van der Waals surface area (Å²) in [6, 6.07) is 5.99. The maximum Gasteiger partial charge on any atom is 0.416 e. The number of amidine groups is 1. The van der Waals surface area contributed by atoms with E-state index in [2.05, 4.69) is 10.1 Å². The van der Waals surface area contributed by atoms with Crippen LogP contribution in [0.5, 0.6) is 0 Å². The number of urea groups is 1. The van der Waals surface area contributed by atoms with Crippen molar-refractivity contribution in [2.24, 2.45) is 10.1 Å². The first kappa shape index (κ1) is 17.7. The van der Waals surface area contributed by atoms with Crippen LogP contribution in [-0.2, 0) is 11.3 Å². The average molecular weight is 388 g/mol. The molecule has 0 bridgehead atoms. The Bertz CT molecular complexity index is 936. The summed E-state index contributed by atoms with van der Waals surface area (Å²) in [5.41, 5.74) is 1.72. The summed E-state index contributed by atoms with van der Waals surface area (Å²) in [6.45, 7) is 4.09. The number of hydrazone groups is 1. The van der Waals surface area contributed by atoms with Gasteiger partial charge in [-0.05, 0) is 31.5 Å². The van der Waals surface area contributed by atoms with E-state index in [0.717, 1.165) is 11.3 Å². The van der Waals surface area contributed by atoms with Crippen LogP contribution in [0.1, 0.15) is 19.4 Å². The van der Waals surface area contributed by atoms with Gasteiger partial charge in [-0.15, -0.1) is 10.1 Å². The van der Waals surface area contributed by atoms with E-state index >= 15 is 0 Å². The first-order chi connectivity index (χ1) is 12.8. The van der Waals surface area contributed by atoms with Gasteiger partial charge in [-0.2, -0.15) is 0 Å². The first-order valence-electron chi connectivity index (χ1n) is 8.66. The van der Waals surface area contributed by atoms with Crippen LogP contribution in [0.3, 0.4) is 0 Å². The highest BCUT2D eigenvalue weighted by Gasteiger charge is 2.55. The molecular formula is C18H20ClN6O2+. The third-order valence-corrected chi connectivity index (χ3v) is 5.45. The zero-order chi connectivity index (χ0) is 19.5. The number of imide groups is 1. The van der Waals surface area contributed by atoms with Gasteiger partial charge in [-0.25, -0.2) is 9.37 Å². The predicted octanol–water partition coefficient (Wildman–Crippen LogP) is 1.59. The molecule has 0 aliphatic carbocycles. The van der Waals surface area contributed by atoms with Crippen LogP contribution in [0.2, 0.25) is 5.02 Å². The molecule has 0 aromatic heterocycles. The SMILES string of the molecule is CC1=NN(C)C2=[N+](C1C)C1C(=O)N(Cc3ccc(Cl)cc3)C(=O)N(C)C1=N2. The molecule has 3 amide bonds. The number of hydrogen-bond donors (Lipinski definition) is 0. The number of carbonyl (C=O) groups is 2. The third kappa shape index (κ3) is 2.63. The molecule has 0 radical (unpaired) electrons. The molecule has 140 valence electrons. The van der Waals surface area contributed by atoms with Crippen LogP contribution in [0, 0.1) is 0 Å². The molecule has 1 fully saturated rings. The molecule has 9 heteroatoms. The average Bonchev–Trinajstić information content (AvgIpc) is 3.05. The van der Waals surface area contributed by atoms with Crippen molar-refractivity contribution in [2.75, 3.05) is 14.1 Å². The van der Waals surface area contributed by atoms with Gasteiger partial charge in [-0.1, -0.05) is 28.7 Å². The molecule has 2 atom stereocenters. The van der Waals surface area contributed by atoms with Gasteiger partial charge in [-0.3, -0.25) is 14.6 Å². The lowest BCUT2D eigenvalue weighted by molar-refractivity contribution is -0.558. The van der Waals surface area contributed by atoms with Gasteiger partial charge in [0.05, 0.1) is 19.3 Å². The number of hydrogen-bond acceptors (Lipinski definition) is 5. The van der Waals surface area contributed by atoms with Crippen LogP contribution in [-0.4, -0.2) is 75.0 Å². The Labute approximate surface area is 162 Å². The van der Waals surface area contributed by atoms with Crippen molar-refractivity contribution in [3.05, 3.63) is 34.9 Å². The van der Waals surface area contributed by atoms with Crippen molar-refractivity contribution >= 4 is 41.0 Å². The minimum atomic E-state index is -0.641. The second-order valence-electron chi connectivity index (χ2n) is 6.91. The van der Waals surface area contributed by atoms with Crippen molar-refractivity contribution in [3.8, 4) is 0 Å². The molecule has 0 saturated carbocycles. The second kappa shape index (κ2) is 6.16. The van der Waals surface area contributed by atoms with E-state index in [1.807, 2.05) is 30.6 Å². The van der Waals surface area contributed by atoms with Gasteiger partial charge in [0.25, 0.3) is 5.91 Å². The molecule has 3 aliphatic rings. The van der Waals surface area contributed by atoms with Crippen LogP contribution in [0.25, 0.3) is 0 Å². The normalized spacial score (nSPS) is 24.9. The summed E-state index contributed by atoms with van der Waals surface area (Å²) in [7, 11) is 3.43. The molecule has 0 N–H and O–H groups in total. The number of rotatable bonds is 2. The van der Waals surface area contributed by atoms with Gasteiger partial charge >= 0.3 is 12.0 Å². The Morgan fingerprint density at radius 1 is 1.19 bits per heavy atom. The maximum atomic E-state index is 13.3. The van der Waals surface area contributed by atoms with Gasteiger partial charge in [0, 0.05) is 12.1 Å². The van der Waals surface area contributed by atoms with Crippen LogP contribution in [0.15, 0.2) is 34.4 Å². The van der Waals surface area contributed by atoms with Crippen molar-refractivity contribution in [1.82, 2.24) is 14.8 Å². The Hall–Kier alpha value is -2.74. The van der Waals surface area contributed by atoms with Gasteiger partial charge in [0.1, 0.15) is 6.04 Å². The molecule has 27 heavy (non-hydrogen) atoms. The van der Waals surface area contributed by atoms with E-state index in [0.29, 0.717) is 16.8 Å². The summed E-state index contributed by atoms with van der Waals surface area (Å²) in [5.74, 6) is 0.738. The van der Waals surface area contributed by atoms with Crippen LogP contribution >= 0.6 is 11.6 Å². The Morgan fingerprint density at radius 2 is 1.85 bits per heavy atom. The summed E-state index contributed by atoms with van der Waals surface area (Å²) in [5, 5.41) is 6.71. The summed E-state index contributed by atoms with van der Waals surface area (Å²) in [6.07, 6.45) is 0. The number of halogens is 1. The van der Waals surface area contributed by atoms with Crippen molar-refractivity contribution in [1.29, 1.82) is 0 Å². The largest absolute Gasteiger partial charge is 0.416 e. The van der Waals surface area contributed by atoms with E-state index in [9.17, 15) is 9.59 Å². The smallest absolute Gasteiger partial charge is 0.270 e. The zero-order valence-corrected chi connectivity index (χ0v) is 16.3. The Morgan fingerprint density at radius 3 is 2.52 bits per heavy atom. The second-order valence-corrected chi connectivity index (χ2v) is 7.35. The molecule has 2 unspecified atom stereocenters. The Kier molecular flexibility index (Phi) is 4.03. The standard InChI is InChI=1S/C18H20ClN6O2/c1-10-11(2)25-14-15(20-17(25)23(4)21-10)22(3)18(27)24(16(14)26)9-12-5-7-13(19)8-6-12/h5-8,11,14H,9H2,1-4H3/q+1. The number of amides is 3. The van der Waals surface area contributed by atoms with E-state index in [1.54, 1.807) is 31.2 Å². The fourth-order valence-electron chi connectivity index (χ4n) is 3.59. The lowest BCUT2D eigenvalue weighted by Gasteiger charge is -2.35. The number of guanidine groups is 1. The number of nitrogens with zero attached hydrogens (tertiary/aromatic N) is 6. The quantitative estimate of drug-likeness (QED) is 0.723.